The van der Waals surface area contributed by atoms with Crippen molar-refractivity contribution < 1.29 is 22.6 Å². The molecule has 2 aromatic rings. The van der Waals surface area contributed by atoms with Crippen LogP contribution in [0.3, 0.4) is 0 Å². The number of ether oxygens (including phenoxy) is 2. The predicted octanol–water partition coefficient (Wildman–Crippen LogP) is 4.59. The van der Waals surface area contributed by atoms with E-state index >= 15 is 0 Å². The summed E-state index contributed by atoms with van der Waals surface area (Å²) in [6, 6.07) is 14.2. The number of halogens is 3. The predicted molar refractivity (Wildman–Crippen MR) is 75.6 cm³/mol. The second-order valence-corrected chi connectivity index (χ2v) is 4.84. The average Bonchev–Trinajstić information content (AvgIpc) is 2.47. The van der Waals surface area contributed by atoms with E-state index in [2.05, 4.69) is 4.98 Å². The Balaban J connectivity index is 1.89. The van der Waals surface area contributed by atoms with Crippen molar-refractivity contribution in [2.75, 3.05) is 6.61 Å². The quantitative estimate of drug-likeness (QED) is 0.782. The SMILES string of the molecule is CC(COCc1cccc(Oc2ccccc2)n1)C(F)(F)F. The van der Waals surface area contributed by atoms with Crippen LogP contribution in [0.5, 0.6) is 11.6 Å². The van der Waals surface area contributed by atoms with E-state index in [-0.39, 0.29) is 6.61 Å². The van der Waals surface area contributed by atoms with Crippen LogP contribution in [0, 0.1) is 5.92 Å². The van der Waals surface area contributed by atoms with E-state index in [4.69, 9.17) is 9.47 Å². The second kappa shape index (κ2) is 7.26. The van der Waals surface area contributed by atoms with Gasteiger partial charge in [-0.1, -0.05) is 31.2 Å². The lowest BCUT2D eigenvalue weighted by Crippen LogP contribution is -2.24. The third-order valence-corrected chi connectivity index (χ3v) is 2.92. The molecule has 1 heterocycles. The molecule has 1 aromatic carbocycles. The molecular weight excluding hydrogens is 295 g/mol. The summed E-state index contributed by atoms with van der Waals surface area (Å²) in [5, 5.41) is 0. The number of aromatic nitrogens is 1. The zero-order valence-corrected chi connectivity index (χ0v) is 12.0. The molecule has 0 aliphatic rings. The van der Waals surface area contributed by atoms with Crippen LogP contribution >= 0.6 is 0 Å². The average molecular weight is 311 g/mol. The zero-order chi connectivity index (χ0) is 16.0. The van der Waals surface area contributed by atoms with E-state index in [0.717, 1.165) is 6.92 Å². The lowest BCUT2D eigenvalue weighted by molar-refractivity contribution is -0.183. The third kappa shape index (κ3) is 5.04. The van der Waals surface area contributed by atoms with E-state index in [1.165, 1.54) is 0 Å². The smallest absolute Gasteiger partial charge is 0.393 e. The van der Waals surface area contributed by atoms with Crippen LogP contribution in [0.15, 0.2) is 48.5 Å². The number of nitrogens with zero attached hydrogens (tertiary/aromatic N) is 1. The summed E-state index contributed by atoms with van der Waals surface area (Å²) in [6.07, 6.45) is -4.24. The second-order valence-electron chi connectivity index (χ2n) is 4.84. The number of alkyl halides is 3. The summed E-state index contributed by atoms with van der Waals surface area (Å²) in [6.45, 7) is 0.698. The van der Waals surface area contributed by atoms with Gasteiger partial charge in [-0.25, -0.2) is 4.98 Å². The van der Waals surface area contributed by atoms with Crippen LogP contribution in [-0.2, 0) is 11.3 Å². The van der Waals surface area contributed by atoms with Crippen LogP contribution in [0.2, 0.25) is 0 Å². The summed E-state index contributed by atoms with van der Waals surface area (Å²) in [4.78, 5) is 4.20. The first-order valence-electron chi connectivity index (χ1n) is 6.78. The highest BCUT2D eigenvalue weighted by molar-refractivity contribution is 5.27. The number of hydrogen-bond donors (Lipinski definition) is 0. The molecule has 0 aliphatic carbocycles. The largest absolute Gasteiger partial charge is 0.439 e. The Kier molecular flexibility index (Phi) is 5.38. The van der Waals surface area contributed by atoms with Gasteiger partial charge in [0.05, 0.1) is 24.8 Å². The van der Waals surface area contributed by atoms with E-state index in [1.807, 2.05) is 18.2 Å². The lowest BCUT2D eigenvalue weighted by Gasteiger charge is -2.15. The van der Waals surface area contributed by atoms with Gasteiger partial charge in [-0.2, -0.15) is 13.2 Å². The molecule has 3 nitrogen and oxygen atoms in total. The summed E-state index contributed by atoms with van der Waals surface area (Å²) in [7, 11) is 0. The van der Waals surface area contributed by atoms with Gasteiger partial charge in [0.1, 0.15) is 5.75 Å². The topological polar surface area (TPSA) is 31.4 Å². The molecule has 1 aromatic heterocycles. The van der Waals surface area contributed by atoms with Gasteiger partial charge >= 0.3 is 6.18 Å². The summed E-state index contributed by atoms with van der Waals surface area (Å²) < 4.78 is 47.7. The van der Waals surface area contributed by atoms with Crippen LogP contribution in [0.4, 0.5) is 13.2 Å². The van der Waals surface area contributed by atoms with Crippen molar-refractivity contribution in [3.63, 3.8) is 0 Å². The van der Waals surface area contributed by atoms with E-state index in [1.54, 1.807) is 30.3 Å². The first-order chi connectivity index (χ1) is 10.4. The van der Waals surface area contributed by atoms with Crippen molar-refractivity contribution in [3.8, 4) is 11.6 Å². The molecule has 6 heteroatoms. The molecule has 0 saturated carbocycles. The Morgan fingerprint density at radius 3 is 2.45 bits per heavy atom. The van der Waals surface area contributed by atoms with Gasteiger partial charge in [-0.05, 0) is 18.2 Å². The molecular formula is C16H16F3NO2. The Morgan fingerprint density at radius 2 is 1.77 bits per heavy atom. The van der Waals surface area contributed by atoms with Crippen LogP contribution in [0.25, 0.3) is 0 Å². The van der Waals surface area contributed by atoms with Crippen molar-refractivity contribution in [1.29, 1.82) is 0 Å². The standard InChI is InChI=1S/C16H16F3NO2/c1-12(16(17,18)19)10-21-11-13-6-5-9-15(20-13)22-14-7-3-2-4-8-14/h2-9,12H,10-11H2,1H3. The number of hydrogen-bond acceptors (Lipinski definition) is 3. The molecule has 0 amide bonds. The molecule has 0 N–H and O–H groups in total. The number of pyridine rings is 1. The molecule has 0 bridgehead atoms. The molecule has 0 spiro atoms. The van der Waals surface area contributed by atoms with Gasteiger partial charge in [0.25, 0.3) is 0 Å². The molecule has 0 aliphatic heterocycles. The molecule has 22 heavy (non-hydrogen) atoms. The molecule has 0 fully saturated rings. The minimum atomic E-state index is -4.24. The van der Waals surface area contributed by atoms with Crippen molar-refractivity contribution in [2.45, 2.75) is 19.7 Å². The fourth-order valence-corrected chi connectivity index (χ4v) is 1.64. The summed E-state index contributed by atoms with van der Waals surface area (Å²) >= 11 is 0. The highest BCUT2D eigenvalue weighted by Crippen LogP contribution is 2.26. The first-order valence-corrected chi connectivity index (χ1v) is 6.78. The third-order valence-electron chi connectivity index (χ3n) is 2.92. The molecule has 0 radical (unpaired) electrons. The Morgan fingerprint density at radius 1 is 1.05 bits per heavy atom. The van der Waals surface area contributed by atoms with E-state index in [0.29, 0.717) is 17.3 Å². The maximum atomic E-state index is 12.4. The molecule has 1 atom stereocenters. The first kappa shape index (κ1) is 16.3. The highest BCUT2D eigenvalue weighted by Gasteiger charge is 2.35. The lowest BCUT2D eigenvalue weighted by atomic mass is 10.2. The number of para-hydroxylation sites is 1. The van der Waals surface area contributed by atoms with E-state index < -0.39 is 18.7 Å². The zero-order valence-electron chi connectivity index (χ0n) is 12.0. The maximum absolute atomic E-state index is 12.4. The monoisotopic (exact) mass is 311 g/mol. The fraction of sp³-hybridized carbons (Fsp3) is 0.312. The van der Waals surface area contributed by atoms with Gasteiger partial charge in [-0.15, -0.1) is 0 Å². The minimum Gasteiger partial charge on any atom is -0.439 e. The van der Waals surface area contributed by atoms with Crippen molar-refractivity contribution >= 4 is 0 Å². The van der Waals surface area contributed by atoms with Crippen LogP contribution in [-0.4, -0.2) is 17.8 Å². The van der Waals surface area contributed by atoms with Gasteiger partial charge in [-0.3, -0.25) is 0 Å². The normalized spacial score (nSPS) is 12.9. The number of benzene rings is 1. The molecule has 118 valence electrons. The van der Waals surface area contributed by atoms with Gasteiger partial charge < -0.3 is 9.47 Å². The summed E-state index contributed by atoms with van der Waals surface area (Å²) in [5.74, 6) is -0.494. The van der Waals surface area contributed by atoms with E-state index in [9.17, 15) is 13.2 Å². The Hall–Kier alpha value is -2.08. The Labute approximate surface area is 126 Å². The van der Waals surface area contributed by atoms with Crippen LogP contribution in [0.1, 0.15) is 12.6 Å². The van der Waals surface area contributed by atoms with Gasteiger partial charge in [0, 0.05) is 6.07 Å². The van der Waals surface area contributed by atoms with Crippen molar-refractivity contribution in [2.24, 2.45) is 5.92 Å². The van der Waals surface area contributed by atoms with Crippen LogP contribution < -0.4 is 4.74 Å². The molecule has 1 unspecified atom stereocenters. The highest BCUT2D eigenvalue weighted by atomic mass is 19.4. The summed E-state index contributed by atoms with van der Waals surface area (Å²) in [5.41, 5.74) is 0.516. The minimum absolute atomic E-state index is 0.00636. The maximum Gasteiger partial charge on any atom is 0.393 e. The van der Waals surface area contributed by atoms with Crippen molar-refractivity contribution in [1.82, 2.24) is 4.98 Å². The molecule has 2 rings (SSSR count). The van der Waals surface area contributed by atoms with Gasteiger partial charge in [0.15, 0.2) is 0 Å². The molecule has 0 saturated heterocycles. The number of rotatable bonds is 6. The van der Waals surface area contributed by atoms with Crippen molar-refractivity contribution in [3.05, 3.63) is 54.2 Å². The van der Waals surface area contributed by atoms with Gasteiger partial charge in [0.2, 0.25) is 5.88 Å². The fourth-order valence-electron chi connectivity index (χ4n) is 1.64. The Bertz CT molecular complexity index is 587.